The molecule has 4 rings (SSSR count). The smallest absolute Gasteiger partial charge is 0.381 e. The van der Waals surface area contributed by atoms with Gasteiger partial charge in [0.25, 0.3) is 0 Å². The highest BCUT2D eigenvalue weighted by molar-refractivity contribution is 5.44. The number of aromatic nitrogens is 2. The molecule has 0 aromatic carbocycles. The third kappa shape index (κ3) is 4.71. The Hall–Kier alpha value is -1.41. The molecule has 27 heavy (non-hydrogen) atoms. The maximum atomic E-state index is 13.0. The molecular weight excluding hydrogens is 357 g/mol. The lowest BCUT2D eigenvalue weighted by Crippen LogP contribution is -2.48. The number of ether oxygens (including phenoxy) is 1. The molecule has 0 amide bonds. The minimum absolute atomic E-state index is 0.257. The van der Waals surface area contributed by atoms with Gasteiger partial charge in [0, 0.05) is 44.4 Å². The van der Waals surface area contributed by atoms with Crippen molar-refractivity contribution in [3.05, 3.63) is 18.1 Å². The van der Waals surface area contributed by atoms with E-state index in [-0.39, 0.29) is 6.04 Å². The van der Waals surface area contributed by atoms with Crippen LogP contribution in [0.4, 0.5) is 19.0 Å². The fraction of sp³-hybridized carbons (Fsp3) is 0.789. The monoisotopic (exact) mass is 384 g/mol. The van der Waals surface area contributed by atoms with Crippen LogP contribution in [0.3, 0.4) is 0 Å². The maximum Gasteiger partial charge on any atom is 0.433 e. The largest absolute Gasteiger partial charge is 0.433 e. The molecule has 8 heteroatoms. The van der Waals surface area contributed by atoms with E-state index in [4.69, 9.17) is 4.74 Å². The first-order valence-corrected chi connectivity index (χ1v) is 9.98. The fourth-order valence-electron chi connectivity index (χ4n) is 4.36. The van der Waals surface area contributed by atoms with E-state index in [9.17, 15) is 13.2 Å². The van der Waals surface area contributed by atoms with Gasteiger partial charge in [-0.15, -0.1) is 0 Å². The van der Waals surface area contributed by atoms with E-state index in [1.165, 1.54) is 6.42 Å². The Balaban J connectivity index is 1.39. The second-order valence-electron chi connectivity index (χ2n) is 8.01. The molecule has 1 saturated carbocycles. The van der Waals surface area contributed by atoms with Gasteiger partial charge >= 0.3 is 6.18 Å². The summed E-state index contributed by atoms with van der Waals surface area (Å²) in [6.07, 6.45) is 2.99. The third-order valence-corrected chi connectivity index (χ3v) is 5.87. The van der Waals surface area contributed by atoms with Gasteiger partial charge in [-0.3, -0.25) is 0 Å². The summed E-state index contributed by atoms with van der Waals surface area (Å²) in [6, 6.07) is 1.70. The van der Waals surface area contributed by atoms with E-state index in [1.807, 2.05) is 0 Å². The minimum atomic E-state index is -4.43. The van der Waals surface area contributed by atoms with Crippen LogP contribution >= 0.6 is 0 Å². The number of alkyl halides is 3. The molecule has 0 bridgehead atoms. The highest BCUT2D eigenvalue weighted by atomic mass is 19.4. The number of likely N-dealkylation sites (tertiary alicyclic amines) is 1. The van der Waals surface area contributed by atoms with Gasteiger partial charge in [-0.05, 0) is 44.4 Å². The van der Waals surface area contributed by atoms with Gasteiger partial charge < -0.3 is 14.5 Å². The van der Waals surface area contributed by atoms with Crippen LogP contribution in [0, 0.1) is 5.92 Å². The molecule has 0 radical (unpaired) electrons. The topological polar surface area (TPSA) is 41.5 Å². The van der Waals surface area contributed by atoms with Gasteiger partial charge in [0.1, 0.15) is 17.8 Å². The standard InChI is InChI=1S/C19H27F3N4O/c20-19(21,22)17-10-18(24-13-23-17)26(15-3-4-15)16-5-7-25(8-6-16)11-14-2-1-9-27-12-14/h10,13-16H,1-9,11-12H2. The molecule has 1 aliphatic carbocycles. The lowest BCUT2D eigenvalue weighted by molar-refractivity contribution is -0.141. The van der Waals surface area contributed by atoms with Crippen molar-refractivity contribution in [3.8, 4) is 0 Å². The summed E-state index contributed by atoms with van der Waals surface area (Å²) >= 11 is 0. The Labute approximate surface area is 157 Å². The second kappa shape index (κ2) is 7.91. The van der Waals surface area contributed by atoms with Crippen molar-refractivity contribution >= 4 is 5.82 Å². The van der Waals surface area contributed by atoms with E-state index in [0.717, 1.165) is 77.3 Å². The fourth-order valence-corrected chi connectivity index (χ4v) is 4.36. The zero-order valence-corrected chi connectivity index (χ0v) is 15.5. The average Bonchev–Trinajstić information content (AvgIpc) is 3.49. The Bertz CT molecular complexity index is 624. The quantitative estimate of drug-likeness (QED) is 0.779. The van der Waals surface area contributed by atoms with E-state index in [2.05, 4.69) is 19.8 Å². The molecule has 1 aromatic rings. The molecule has 2 saturated heterocycles. The molecule has 1 unspecified atom stereocenters. The summed E-state index contributed by atoms with van der Waals surface area (Å²) in [5, 5.41) is 0. The van der Waals surface area contributed by atoms with Crippen LogP contribution in [0.2, 0.25) is 0 Å². The van der Waals surface area contributed by atoms with Crippen molar-refractivity contribution in [2.75, 3.05) is 37.7 Å². The predicted molar refractivity (Wildman–Crippen MR) is 95.5 cm³/mol. The number of rotatable bonds is 5. The number of piperidine rings is 1. The predicted octanol–water partition coefficient (Wildman–Crippen LogP) is 3.36. The van der Waals surface area contributed by atoms with Crippen molar-refractivity contribution in [3.63, 3.8) is 0 Å². The number of hydrogen-bond donors (Lipinski definition) is 0. The summed E-state index contributed by atoms with van der Waals surface area (Å²) in [5.74, 6) is 1.05. The average molecular weight is 384 g/mol. The number of hydrogen-bond acceptors (Lipinski definition) is 5. The molecule has 3 heterocycles. The summed E-state index contributed by atoms with van der Waals surface area (Å²) in [4.78, 5) is 12.2. The summed E-state index contributed by atoms with van der Waals surface area (Å²) in [5.41, 5.74) is -0.854. The molecule has 1 atom stereocenters. The molecule has 0 spiro atoms. The Kier molecular flexibility index (Phi) is 5.55. The molecule has 3 aliphatic rings. The Morgan fingerprint density at radius 1 is 1.07 bits per heavy atom. The van der Waals surface area contributed by atoms with Crippen molar-refractivity contribution in [1.29, 1.82) is 0 Å². The van der Waals surface area contributed by atoms with Gasteiger partial charge in [0.15, 0.2) is 0 Å². The SMILES string of the molecule is FC(F)(F)c1cc(N(C2CC2)C2CCN(CC3CCCOC3)CC2)ncn1. The van der Waals surface area contributed by atoms with E-state index < -0.39 is 11.9 Å². The van der Waals surface area contributed by atoms with Crippen molar-refractivity contribution in [2.24, 2.45) is 5.92 Å². The van der Waals surface area contributed by atoms with E-state index >= 15 is 0 Å². The van der Waals surface area contributed by atoms with E-state index in [1.54, 1.807) is 0 Å². The highest BCUT2D eigenvalue weighted by Gasteiger charge is 2.39. The van der Waals surface area contributed by atoms with Crippen LogP contribution < -0.4 is 4.90 Å². The normalized spacial score (nSPS) is 25.5. The summed E-state index contributed by atoms with van der Waals surface area (Å²) in [6.45, 7) is 4.79. The highest BCUT2D eigenvalue weighted by Crippen LogP contribution is 2.37. The van der Waals surface area contributed by atoms with Gasteiger partial charge in [-0.25, -0.2) is 9.97 Å². The van der Waals surface area contributed by atoms with Crippen LogP contribution in [-0.4, -0.2) is 59.8 Å². The minimum Gasteiger partial charge on any atom is -0.381 e. The summed E-state index contributed by atoms with van der Waals surface area (Å²) < 4.78 is 44.7. The number of nitrogens with zero attached hydrogens (tertiary/aromatic N) is 4. The zero-order chi connectivity index (χ0) is 18.9. The van der Waals surface area contributed by atoms with Crippen LogP contribution in [0.25, 0.3) is 0 Å². The van der Waals surface area contributed by atoms with Crippen LogP contribution in [0.1, 0.15) is 44.2 Å². The molecule has 150 valence electrons. The van der Waals surface area contributed by atoms with Gasteiger partial charge in [-0.1, -0.05) is 0 Å². The zero-order valence-electron chi connectivity index (χ0n) is 15.5. The van der Waals surface area contributed by atoms with Crippen LogP contribution in [0.15, 0.2) is 12.4 Å². The van der Waals surface area contributed by atoms with Gasteiger partial charge in [0.2, 0.25) is 0 Å². The van der Waals surface area contributed by atoms with E-state index in [0.29, 0.717) is 17.8 Å². The lowest BCUT2D eigenvalue weighted by Gasteiger charge is -2.40. The first-order chi connectivity index (χ1) is 13.0. The third-order valence-electron chi connectivity index (χ3n) is 5.87. The molecule has 0 N–H and O–H groups in total. The number of halogens is 3. The second-order valence-corrected chi connectivity index (χ2v) is 8.01. The first kappa shape index (κ1) is 18.9. The summed E-state index contributed by atoms with van der Waals surface area (Å²) in [7, 11) is 0. The Morgan fingerprint density at radius 3 is 2.44 bits per heavy atom. The number of anilines is 1. The van der Waals surface area contributed by atoms with Crippen molar-refractivity contribution < 1.29 is 17.9 Å². The van der Waals surface area contributed by atoms with Gasteiger partial charge in [-0.2, -0.15) is 13.2 Å². The lowest BCUT2D eigenvalue weighted by atomic mass is 9.98. The van der Waals surface area contributed by atoms with Gasteiger partial charge in [0.05, 0.1) is 6.61 Å². The van der Waals surface area contributed by atoms with Crippen molar-refractivity contribution in [1.82, 2.24) is 14.9 Å². The molecule has 1 aromatic heterocycles. The Morgan fingerprint density at radius 2 is 1.81 bits per heavy atom. The molecule has 2 aliphatic heterocycles. The van der Waals surface area contributed by atoms with Crippen LogP contribution in [-0.2, 0) is 10.9 Å². The molecule has 3 fully saturated rings. The maximum absolute atomic E-state index is 13.0. The van der Waals surface area contributed by atoms with Crippen LogP contribution in [0.5, 0.6) is 0 Å². The molecule has 5 nitrogen and oxygen atoms in total. The first-order valence-electron chi connectivity index (χ1n) is 9.98. The van der Waals surface area contributed by atoms with Crippen molar-refractivity contribution in [2.45, 2.75) is 56.8 Å². The molecular formula is C19H27F3N4O.